The summed E-state index contributed by atoms with van der Waals surface area (Å²) in [6.07, 6.45) is 5.11. The Balaban J connectivity index is 0.00000115. The van der Waals surface area contributed by atoms with Gasteiger partial charge in [-0.3, -0.25) is 4.90 Å². The highest BCUT2D eigenvalue weighted by Crippen LogP contribution is 2.36. The summed E-state index contributed by atoms with van der Waals surface area (Å²) in [6.45, 7) is 5.43. The summed E-state index contributed by atoms with van der Waals surface area (Å²) in [4.78, 5) is 0.773. The molecule has 0 aliphatic rings. The van der Waals surface area contributed by atoms with Crippen molar-refractivity contribution in [2.45, 2.75) is 173 Å². The van der Waals surface area contributed by atoms with Gasteiger partial charge in [0.1, 0.15) is 11.5 Å². The van der Waals surface area contributed by atoms with Gasteiger partial charge in [0, 0.05) is 6.07 Å². The second-order valence-electron chi connectivity index (χ2n) is 17.5. The van der Waals surface area contributed by atoms with Crippen LogP contribution < -0.4 is 18.9 Å². The van der Waals surface area contributed by atoms with Crippen LogP contribution in [0.5, 0.6) is 17.2 Å². The molecule has 0 saturated carbocycles. The van der Waals surface area contributed by atoms with E-state index in [0.717, 1.165) is 148 Å². The van der Waals surface area contributed by atoms with Crippen molar-refractivity contribution >= 4 is 13.0 Å². The van der Waals surface area contributed by atoms with E-state index in [9.17, 15) is 52.7 Å². The number of benzene rings is 4. The Kier molecular flexibility index (Phi) is 26.5. The van der Waals surface area contributed by atoms with Gasteiger partial charge in [-0.05, 0) is 86.3 Å². The molecule has 4 aromatic rings. The van der Waals surface area contributed by atoms with Crippen LogP contribution in [0.15, 0.2) is 91.0 Å². The molecule has 390 valence electrons. The number of hydrogen-bond acceptors (Lipinski definition) is 3. The molecule has 4 aromatic carbocycles. The molecule has 0 aliphatic heterocycles. The first kappa shape index (κ1) is 59.8. The van der Waals surface area contributed by atoms with Gasteiger partial charge in [0.2, 0.25) is 0 Å². The highest BCUT2D eigenvalue weighted by molar-refractivity contribution is 6.39. The van der Waals surface area contributed by atoms with E-state index in [1.165, 1.54) is 82.8 Å². The zero-order chi connectivity index (χ0) is 51.5. The van der Waals surface area contributed by atoms with Gasteiger partial charge in [0.15, 0.2) is 11.4 Å². The lowest BCUT2D eigenvalue weighted by Crippen LogP contribution is -3.07. The molecule has 1 unspecified atom stereocenters. The van der Waals surface area contributed by atoms with Crippen LogP contribution in [0.1, 0.15) is 171 Å². The van der Waals surface area contributed by atoms with Crippen molar-refractivity contribution in [1.29, 1.82) is 0 Å². The van der Waals surface area contributed by atoms with Gasteiger partial charge in [-0.15, -0.1) is 0 Å². The van der Waals surface area contributed by atoms with Crippen LogP contribution in [0.4, 0.5) is 58.4 Å². The minimum absolute atomic E-state index is 0.0167. The number of rotatable bonds is 30. The van der Waals surface area contributed by atoms with Crippen molar-refractivity contribution < 1.29 is 71.5 Å². The summed E-state index contributed by atoms with van der Waals surface area (Å²) in [5.41, 5.74) is -3.20. The summed E-state index contributed by atoms with van der Waals surface area (Å²) < 4.78 is 176. The molecular weight excluding hydrogens is 937 g/mol. The number of unbranched alkanes of at least 4 members (excludes halogenated alkanes) is 19. The molecule has 0 aromatic heterocycles. The van der Waals surface area contributed by atoms with Crippen LogP contribution in [-0.2, 0) is 24.7 Å². The SMILES string of the molecule is CCCCCCCCCCCCC[NH+](CCCCCCCCCCCC)c1cc(C(F)(F)F)ccc1OB(Oc1ccc(C(F)(F)F)cc1)Oc1ccc(C(F)(F)F)cc1.FC(F)(F)c1cc[c-]cc1. The lowest BCUT2D eigenvalue weighted by atomic mass is 10.0. The maximum absolute atomic E-state index is 14.2. The van der Waals surface area contributed by atoms with E-state index in [4.69, 9.17) is 14.0 Å². The van der Waals surface area contributed by atoms with Crippen LogP contribution in [0.3, 0.4) is 0 Å². The number of hydrogen-bond donors (Lipinski definition) is 1. The molecule has 0 bridgehead atoms. The molecule has 0 fully saturated rings. The van der Waals surface area contributed by atoms with E-state index in [-0.39, 0.29) is 22.9 Å². The minimum Gasteiger partial charge on any atom is -0.490 e. The van der Waals surface area contributed by atoms with E-state index in [1.807, 2.05) is 0 Å². The van der Waals surface area contributed by atoms with Crippen LogP contribution in [0.25, 0.3) is 0 Å². The van der Waals surface area contributed by atoms with Crippen molar-refractivity contribution in [3.63, 3.8) is 0 Å². The molecule has 17 heteroatoms. The van der Waals surface area contributed by atoms with Crippen LogP contribution >= 0.6 is 0 Å². The highest BCUT2D eigenvalue weighted by atomic mass is 19.4. The predicted octanol–water partition coefficient (Wildman–Crippen LogP) is 17.5. The predicted molar refractivity (Wildman–Crippen MR) is 251 cm³/mol. The smallest absolute Gasteiger partial charge is 0.490 e. The lowest BCUT2D eigenvalue weighted by molar-refractivity contribution is -0.833. The molecule has 0 saturated heterocycles. The van der Waals surface area contributed by atoms with Crippen LogP contribution in [0.2, 0.25) is 0 Å². The highest BCUT2D eigenvalue weighted by Gasteiger charge is 2.38. The molecule has 1 N–H and O–H groups in total. The molecule has 0 radical (unpaired) electrons. The average molecular weight is 1010 g/mol. The van der Waals surface area contributed by atoms with Gasteiger partial charge in [-0.25, -0.2) is 0 Å². The van der Waals surface area contributed by atoms with E-state index in [2.05, 4.69) is 19.9 Å². The molecule has 1 atom stereocenters. The topological polar surface area (TPSA) is 32.1 Å². The van der Waals surface area contributed by atoms with Crippen molar-refractivity contribution in [1.82, 2.24) is 0 Å². The number of alkyl halides is 12. The Morgan fingerprint density at radius 3 is 1.03 bits per heavy atom. The van der Waals surface area contributed by atoms with E-state index in [0.29, 0.717) is 13.1 Å². The zero-order valence-corrected chi connectivity index (χ0v) is 40.3. The Morgan fingerprint density at radius 2 is 0.700 bits per heavy atom. The monoisotopic (exact) mass is 1010 g/mol. The molecular formula is C53H68BF12NO3. The second-order valence-corrected chi connectivity index (χ2v) is 17.5. The molecule has 0 amide bonds. The van der Waals surface area contributed by atoms with Crippen molar-refractivity contribution in [2.75, 3.05) is 13.1 Å². The van der Waals surface area contributed by atoms with Gasteiger partial charge in [0.05, 0.1) is 29.8 Å². The standard InChI is InChI=1S/C46H63BF9NO3.C7H4F3/c1-3-5-7-9-11-13-15-17-19-21-23-35-57(34-22-20-18-16-14-12-10-8-6-4-2)42-36-39(46(54,55)56)28-33-43(42)60-47(58-40-29-24-37(25-30-40)44(48,49)50)59-41-31-26-38(27-32-41)45(51,52)53;8-7(9,10)6-4-2-1-3-5-6/h24-33,36H,3-23,34-35H2,1-2H3;2-5H/q;-1/p+1. The third kappa shape index (κ3) is 24.1. The zero-order valence-electron chi connectivity index (χ0n) is 40.3. The normalized spacial score (nSPS) is 12.5. The van der Waals surface area contributed by atoms with Crippen molar-refractivity contribution in [2.24, 2.45) is 0 Å². The summed E-state index contributed by atoms with van der Waals surface area (Å²) in [6, 6.07) is 17.2. The quantitative estimate of drug-likeness (QED) is 0.0244. The maximum Gasteiger partial charge on any atom is 0.864 e. The summed E-state index contributed by atoms with van der Waals surface area (Å²) in [5.74, 6) is -0.287. The van der Waals surface area contributed by atoms with Gasteiger partial charge in [0.25, 0.3) is 0 Å². The van der Waals surface area contributed by atoms with E-state index in [1.54, 1.807) is 0 Å². The fraction of sp³-hybridized carbons (Fsp3) is 0.547. The maximum atomic E-state index is 14.2. The fourth-order valence-corrected chi connectivity index (χ4v) is 7.73. The Bertz CT molecular complexity index is 1910. The van der Waals surface area contributed by atoms with E-state index >= 15 is 0 Å². The molecule has 0 spiro atoms. The van der Waals surface area contributed by atoms with Crippen molar-refractivity contribution in [3.8, 4) is 17.2 Å². The first-order valence-electron chi connectivity index (χ1n) is 24.7. The summed E-state index contributed by atoms with van der Waals surface area (Å²) >= 11 is 0. The van der Waals surface area contributed by atoms with Gasteiger partial charge < -0.3 is 14.0 Å². The summed E-state index contributed by atoms with van der Waals surface area (Å²) in [5, 5.41) is 0. The first-order valence-corrected chi connectivity index (χ1v) is 24.7. The number of quaternary nitrogens is 1. The fourth-order valence-electron chi connectivity index (χ4n) is 7.73. The average Bonchev–Trinajstić information content (AvgIpc) is 3.30. The molecule has 70 heavy (non-hydrogen) atoms. The van der Waals surface area contributed by atoms with Gasteiger partial charge in [-0.1, -0.05) is 129 Å². The Labute approximate surface area is 406 Å². The number of nitrogens with one attached hydrogen (secondary N) is 1. The molecule has 4 nitrogen and oxygen atoms in total. The third-order valence-corrected chi connectivity index (χ3v) is 11.7. The largest absolute Gasteiger partial charge is 0.864 e. The molecule has 0 aliphatic carbocycles. The Hall–Kier alpha value is -4.54. The first-order chi connectivity index (χ1) is 33.2. The van der Waals surface area contributed by atoms with Crippen LogP contribution in [-0.4, -0.2) is 20.4 Å². The van der Waals surface area contributed by atoms with Gasteiger partial charge >= 0.3 is 32.0 Å². The minimum atomic E-state index is -4.67. The molecule has 4 rings (SSSR count). The number of halogens is 12. The lowest BCUT2D eigenvalue weighted by Gasteiger charge is -2.24. The second kappa shape index (κ2) is 31.0. The Morgan fingerprint density at radius 1 is 0.386 bits per heavy atom. The molecule has 0 heterocycles. The van der Waals surface area contributed by atoms with E-state index < -0.39 is 54.3 Å². The van der Waals surface area contributed by atoms with Gasteiger partial charge in [-0.2, -0.15) is 83.0 Å². The van der Waals surface area contributed by atoms with Crippen LogP contribution in [0, 0.1) is 6.07 Å². The summed E-state index contributed by atoms with van der Waals surface area (Å²) in [7, 11) is -1.81. The third-order valence-electron chi connectivity index (χ3n) is 11.7. The van der Waals surface area contributed by atoms with Crippen molar-refractivity contribution in [3.05, 3.63) is 119 Å².